The minimum atomic E-state index is 0.975. The summed E-state index contributed by atoms with van der Waals surface area (Å²) in [4.78, 5) is 0. The van der Waals surface area contributed by atoms with Gasteiger partial charge in [-0.05, 0) is 36.1 Å². The highest BCUT2D eigenvalue weighted by molar-refractivity contribution is 5.45. The minimum Gasteiger partial charge on any atom is -0.457 e. The van der Waals surface area contributed by atoms with Gasteiger partial charge in [-0.15, -0.1) is 0 Å². The molecule has 74 valence electrons. The molecule has 1 aliphatic carbocycles. The average Bonchev–Trinajstić information content (AvgIpc) is 2.82. The van der Waals surface area contributed by atoms with E-state index < -0.39 is 0 Å². The molecule has 1 heteroatoms. The molecule has 15 heavy (non-hydrogen) atoms. The van der Waals surface area contributed by atoms with Crippen molar-refractivity contribution in [2.75, 3.05) is 0 Å². The van der Waals surface area contributed by atoms with Gasteiger partial charge in [0.2, 0.25) is 0 Å². The van der Waals surface area contributed by atoms with E-state index in [1.54, 1.807) is 0 Å². The van der Waals surface area contributed by atoms with Crippen LogP contribution in [0.5, 0.6) is 5.75 Å². The van der Waals surface area contributed by atoms with Crippen LogP contribution in [0.3, 0.4) is 0 Å². The van der Waals surface area contributed by atoms with Gasteiger partial charge in [0.05, 0.1) is 0 Å². The number of fused-ring (bicyclic) bond motifs is 1. The third kappa shape index (κ3) is 1.50. The lowest BCUT2D eigenvalue weighted by Gasteiger charge is -2.18. The minimum absolute atomic E-state index is 0.975. The lowest BCUT2D eigenvalue weighted by molar-refractivity contribution is 0.419. The van der Waals surface area contributed by atoms with Gasteiger partial charge in [-0.3, -0.25) is 0 Å². The Morgan fingerprint density at radius 2 is 2.00 bits per heavy atom. The van der Waals surface area contributed by atoms with Gasteiger partial charge in [0.1, 0.15) is 11.5 Å². The largest absolute Gasteiger partial charge is 0.457 e. The molecule has 0 atom stereocenters. The molecule has 1 aromatic rings. The molecular formula is C14H12O. The predicted molar refractivity (Wildman–Crippen MR) is 60.7 cm³/mol. The third-order valence-corrected chi connectivity index (χ3v) is 2.79. The van der Waals surface area contributed by atoms with Crippen LogP contribution in [-0.2, 0) is 6.42 Å². The monoisotopic (exact) mass is 196 g/mol. The summed E-state index contributed by atoms with van der Waals surface area (Å²) >= 11 is 0. The van der Waals surface area contributed by atoms with E-state index in [1.807, 2.05) is 12.1 Å². The van der Waals surface area contributed by atoms with Crippen LogP contribution in [0, 0.1) is 0 Å². The Bertz CT molecular complexity index is 478. The van der Waals surface area contributed by atoms with Crippen LogP contribution in [-0.4, -0.2) is 0 Å². The zero-order chi connectivity index (χ0) is 10.1. The molecule has 1 heterocycles. The quantitative estimate of drug-likeness (QED) is 0.669. The van der Waals surface area contributed by atoms with Gasteiger partial charge in [0, 0.05) is 0 Å². The molecule has 0 aromatic heterocycles. The molecule has 0 fully saturated rings. The second kappa shape index (κ2) is 3.43. The molecule has 0 spiro atoms. The summed E-state index contributed by atoms with van der Waals surface area (Å²) in [6, 6.07) is 8.22. The molecule has 1 nitrogen and oxygen atoms in total. The highest BCUT2D eigenvalue weighted by atomic mass is 16.5. The number of hydrogen-bond acceptors (Lipinski definition) is 1. The molecule has 0 unspecified atom stereocenters. The summed E-state index contributed by atoms with van der Waals surface area (Å²) in [6.07, 6.45) is 10.5. The van der Waals surface area contributed by atoms with E-state index >= 15 is 0 Å². The van der Waals surface area contributed by atoms with Gasteiger partial charge in [-0.2, -0.15) is 0 Å². The summed E-state index contributed by atoms with van der Waals surface area (Å²) in [7, 11) is 0. The number of allylic oxidation sites excluding steroid dienone is 5. The first-order chi connectivity index (χ1) is 7.43. The van der Waals surface area contributed by atoms with Crippen LogP contribution in [0.4, 0.5) is 0 Å². The molecule has 0 saturated heterocycles. The number of para-hydroxylation sites is 1. The first-order valence-corrected chi connectivity index (χ1v) is 5.25. The fourth-order valence-electron chi connectivity index (χ4n) is 1.96. The Balaban J connectivity index is 1.90. The van der Waals surface area contributed by atoms with E-state index in [1.165, 1.54) is 11.1 Å². The summed E-state index contributed by atoms with van der Waals surface area (Å²) in [5, 5.41) is 0. The summed E-state index contributed by atoms with van der Waals surface area (Å²) < 4.78 is 5.87. The Labute approximate surface area is 89.4 Å². The standard InChI is InChI=1S/C14H12O/c1-2-6-11(5-1)14-10-9-12-7-3-4-8-13(12)15-14/h1-5,7-8,10H,6,9H2. The molecule has 0 radical (unpaired) electrons. The number of hydrogen-bond donors (Lipinski definition) is 0. The summed E-state index contributed by atoms with van der Waals surface area (Å²) in [6.45, 7) is 0. The lowest BCUT2D eigenvalue weighted by atomic mass is 10.1. The topological polar surface area (TPSA) is 9.23 Å². The van der Waals surface area contributed by atoms with E-state index in [9.17, 15) is 0 Å². The fraction of sp³-hybridized carbons (Fsp3) is 0.143. The molecule has 0 N–H and O–H groups in total. The van der Waals surface area contributed by atoms with Crippen LogP contribution in [0.15, 0.2) is 59.9 Å². The van der Waals surface area contributed by atoms with Gasteiger partial charge >= 0.3 is 0 Å². The maximum Gasteiger partial charge on any atom is 0.130 e. The predicted octanol–water partition coefficient (Wildman–Crippen LogP) is 3.39. The maximum atomic E-state index is 5.87. The number of ether oxygens (including phenoxy) is 1. The van der Waals surface area contributed by atoms with Crippen molar-refractivity contribution < 1.29 is 4.74 Å². The fourth-order valence-corrected chi connectivity index (χ4v) is 1.96. The molecule has 0 amide bonds. The Morgan fingerprint density at radius 1 is 1.07 bits per heavy atom. The van der Waals surface area contributed by atoms with Crippen LogP contribution >= 0.6 is 0 Å². The smallest absolute Gasteiger partial charge is 0.130 e. The van der Waals surface area contributed by atoms with Crippen molar-refractivity contribution in [1.29, 1.82) is 0 Å². The van der Waals surface area contributed by atoms with Gasteiger partial charge in [0.15, 0.2) is 0 Å². The highest BCUT2D eigenvalue weighted by Gasteiger charge is 2.15. The van der Waals surface area contributed by atoms with Crippen molar-refractivity contribution in [3.8, 4) is 5.75 Å². The third-order valence-electron chi connectivity index (χ3n) is 2.79. The Kier molecular flexibility index (Phi) is 1.95. The molecular weight excluding hydrogens is 184 g/mol. The average molecular weight is 196 g/mol. The summed E-state index contributed by atoms with van der Waals surface area (Å²) in [5.74, 6) is 2.03. The highest BCUT2D eigenvalue weighted by Crippen LogP contribution is 2.30. The van der Waals surface area contributed by atoms with E-state index in [0.29, 0.717) is 0 Å². The van der Waals surface area contributed by atoms with E-state index in [0.717, 1.165) is 24.4 Å². The van der Waals surface area contributed by atoms with Crippen LogP contribution in [0.25, 0.3) is 0 Å². The van der Waals surface area contributed by atoms with Gasteiger partial charge in [-0.1, -0.05) is 36.4 Å². The van der Waals surface area contributed by atoms with E-state index in [2.05, 4.69) is 36.4 Å². The number of benzene rings is 1. The van der Waals surface area contributed by atoms with Gasteiger partial charge < -0.3 is 4.74 Å². The first-order valence-electron chi connectivity index (χ1n) is 5.25. The van der Waals surface area contributed by atoms with Crippen molar-refractivity contribution in [3.05, 3.63) is 65.5 Å². The second-order valence-corrected chi connectivity index (χ2v) is 3.81. The zero-order valence-electron chi connectivity index (χ0n) is 8.44. The molecule has 1 aliphatic heterocycles. The normalized spacial score (nSPS) is 17.9. The van der Waals surface area contributed by atoms with Crippen LogP contribution < -0.4 is 4.74 Å². The van der Waals surface area contributed by atoms with E-state index in [-0.39, 0.29) is 0 Å². The van der Waals surface area contributed by atoms with Crippen molar-refractivity contribution in [3.63, 3.8) is 0 Å². The Hall–Kier alpha value is -1.76. The van der Waals surface area contributed by atoms with Crippen LogP contribution in [0.1, 0.15) is 12.0 Å². The van der Waals surface area contributed by atoms with Crippen molar-refractivity contribution in [2.45, 2.75) is 12.8 Å². The molecule has 2 aliphatic rings. The van der Waals surface area contributed by atoms with Gasteiger partial charge in [-0.25, -0.2) is 0 Å². The Morgan fingerprint density at radius 3 is 2.87 bits per heavy atom. The van der Waals surface area contributed by atoms with Crippen LogP contribution in [0.2, 0.25) is 0 Å². The molecule has 3 rings (SSSR count). The zero-order valence-corrected chi connectivity index (χ0v) is 8.44. The first kappa shape index (κ1) is 8.54. The lowest BCUT2D eigenvalue weighted by Crippen LogP contribution is -2.05. The van der Waals surface area contributed by atoms with Crippen molar-refractivity contribution in [1.82, 2.24) is 0 Å². The van der Waals surface area contributed by atoms with Crippen molar-refractivity contribution >= 4 is 0 Å². The van der Waals surface area contributed by atoms with Crippen molar-refractivity contribution in [2.24, 2.45) is 0 Å². The van der Waals surface area contributed by atoms with E-state index in [4.69, 9.17) is 4.74 Å². The molecule has 0 bridgehead atoms. The molecule has 0 saturated carbocycles. The maximum absolute atomic E-state index is 5.87. The number of rotatable bonds is 1. The second-order valence-electron chi connectivity index (χ2n) is 3.81. The summed E-state index contributed by atoms with van der Waals surface area (Å²) in [5.41, 5.74) is 2.55. The SMILES string of the molecule is C1=CCC(C2=CCc3ccccc3O2)=C1. The molecule has 1 aromatic carbocycles. The van der Waals surface area contributed by atoms with Gasteiger partial charge in [0.25, 0.3) is 0 Å².